The van der Waals surface area contributed by atoms with E-state index in [-0.39, 0.29) is 158 Å². The first kappa shape index (κ1) is 98.4. The molecule has 2 saturated carbocycles. The molecule has 2 aromatic carbocycles. The highest BCUT2D eigenvalue weighted by Crippen LogP contribution is 2.31. The number of aromatic nitrogens is 9. The van der Waals surface area contributed by atoms with Crippen molar-refractivity contribution in [3.63, 3.8) is 0 Å². The van der Waals surface area contributed by atoms with E-state index < -0.39 is 87.0 Å². The molecule has 112 heavy (non-hydrogen) atoms. The lowest BCUT2D eigenvalue weighted by Gasteiger charge is -2.27. The fraction of sp³-hybridized carbons (Fsp3) is 0.658. The van der Waals surface area contributed by atoms with Crippen LogP contribution in [0.4, 0.5) is 0 Å². The van der Waals surface area contributed by atoms with Crippen molar-refractivity contribution in [2.24, 2.45) is 29.6 Å². The van der Waals surface area contributed by atoms with Crippen LogP contribution in [0.5, 0.6) is 0 Å². The molecule has 0 radical (unpaired) electrons. The molecule has 6 N–H and O–H groups in total. The maximum absolute atomic E-state index is 12.7. The van der Waals surface area contributed by atoms with Gasteiger partial charge in [0, 0.05) is 45.9 Å². The van der Waals surface area contributed by atoms with E-state index in [9.17, 15) is 82.1 Å². The largest absolute Gasteiger partial charge is 0.466 e. The molecule has 0 bridgehead atoms. The Morgan fingerprint density at radius 3 is 0.964 bits per heavy atom. The Bertz CT molecular complexity index is 3980. The summed E-state index contributed by atoms with van der Waals surface area (Å²) < 4.78 is 35.7. The monoisotopic (exact) mass is 1580 g/mol. The predicted octanol–water partition coefficient (Wildman–Crippen LogP) is 6.23. The minimum Gasteiger partial charge on any atom is -0.466 e. The summed E-state index contributed by atoms with van der Waals surface area (Å²) in [5.74, 6) is -1.11. The Morgan fingerprint density at radius 1 is 0.384 bits per heavy atom. The molecule has 33 heteroatoms. The van der Waals surface area contributed by atoms with Crippen molar-refractivity contribution in [1.29, 1.82) is 0 Å². The number of hydrogen-bond donors (Lipinski definition) is 6. The van der Waals surface area contributed by atoms with Gasteiger partial charge in [-0.2, -0.15) is 0 Å². The van der Waals surface area contributed by atoms with Crippen LogP contribution in [0, 0.1) is 29.6 Å². The summed E-state index contributed by atoms with van der Waals surface area (Å²) in [4.78, 5) is 189. The van der Waals surface area contributed by atoms with Gasteiger partial charge in [-0.1, -0.05) is 143 Å². The van der Waals surface area contributed by atoms with E-state index in [1.54, 1.807) is 31.2 Å². The van der Waals surface area contributed by atoms with E-state index in [0.717, 1.165) is 137 Å². The number of aliphatic hydroxyl groups is 3. The Balaban J connectivity index is 0.000000563. The summed E-state index contributed by atoms with van der Waals surface area (Å²) in [5.41, 5.74) is -4.90. The number of ether oxygens (including phenoxy) is 6. The van der Waals surface area contributed by atoms with Crippen molar-refractivity contribution in [2.45, 2.75) is 276 Å². The molecule has 1 atom stereocenters. The number of nitrogens with one attached hydrogen (secondary N) is 3. The summed E-state index contributed by atoms with van der Waals surface area (Å²) in [5, 5.41) is 27.5. The topological polar surface area (TPSA) is 449 Å². The minimum absolute atomic E-state index is 0. The van der Waals surface area contributed by atoms with Crippen molar-refractivity contribution in [3.05, 3.63) is 165 Å². The van der Waals surface area contributed by atoms with E-state index in [0.29, 0.717) is 51.9 Å². The van der Waals surface area contributed by atoms with Crippen molar-refractivity contribution in [1.82, 2.24) is 42.4 Å². The molecule has 2 aliphatic carbocycles. The average molecular weight is 1580 g/mol. The molecule has 7 rings (SSSR count). The van der Waals surface area contributed by atoms with Crippen molar-refractivity contribution < 1.29 is 72.5 Å². The Kier molecular flexibility index (Phi) is 46.9. The van der Waals surface area contributed by atoms with Gasteiger partial charge >= 0.3 is 87.0 Å². The molecule has 5 aromatic rings. The van der Waals surface area contributed by atoms with Crippen LogP contribution in [0.2, 0.25) is 0 Å². The van der Waals surface area contributed by atoms with Crippen LogP contribution in [-0.2, 0) is 123 Å². The molecule has 0 spiro atoms. The van der Waals surface area contributed by atoms with Gasteiger partial charge in [0.1, 0.15) is 13.2 Å². The SMILES string of the molecule is C.C.C.CC(C)CCCCCOC(=O)CCn1c(=O)[nH]c(=O)n(CCC(=O)OCCCCCC(C)O)c1=O.CCC1CCC(COC(=O)CCn2c(=O)[nH]c(=O)n(CCC(=O)OCC3CCC(CO)CC3)c2=O)CC1.CCc1ccc(COC(=O)CCn2c(=O)[nH]c(=O)n(CCC(=O)OCc3ccc(CO)cc3)c2=O)cc1. The Hall–Kier alpha value is -9.63. The van der Waals surface area contributed by atoms with Crippen LogP contribution in [0.1, 0.15) is 227 Å². The minimum atomic E-state index is -0.961. The second-order valence-corrected chi connectivity index (χ2v) is 28.0. The number of aryl methyl sites for hydroxylation is 1. The van der Waals surface area contributed by atoms with Crippen LogP contribution in [0.3, 0.4) is 0 Å². The van der Waals surface area contributed by atoms with E-state index >= 15 is 0 Å². The summed E-state index contributed by atoms with van der Waals surface area (Å²) in [7, 11) is 0. The molecule has 2 fully saturated rings. The number of aliphatic hydroxyl groups excluding tert-OH is 3. The molecule has 33 nitrogen and oxygen atoms in total. The highest BCUT2D eigenvalue weighted by molar-refractivity contribution is 5.71. The van der Waals surface area contributed by atoms with Gasteiger partial charge in [0.25, 0.3) is 0 Å². The fourth-order valence-electron chi connectivity index (χ4n) is 12.1. The van der Waals surface area contributed by atoms with Gasteiger partial charge in [-0.05, 0) is 129 Å². The molecular weight excluding hydrogens is 1460 g/mol. The number of carbonyl (C=O) groups excluding carboxylic acids is 6. The normalized spacial score (nSPS) is 15.2. The molecule has 0 amide bonds. The molecule has 1 unspecified atom stereocenters. The van der Waals surface area contributed by atoms with Gasteiger partial charge in [-0.3, -0.25) is 43.7 Å². The third-order valence-corrected chi connectivity index (χ3v) is 19.1. The van der Waals surface area contributed by atoms with E-state index in [1.807, 2.05) is 41.2 Å². The quantitative estimate of drug-likeness (QED) is 0.0143. The predicted molar refractivity (Wildman–Crippen MR) is 418 cm³/mol. The maximum Gasteiger partial charge on any atom is 0.336 e. The standard InChI is InChI=1S/C26H41N3O8.C26H29N3O8.C24H41N3O8.3CH4/c2*1-2-18-3-7-20(8-4-18)16-36-22(31)11-13-28-24(33)27-25(34)29(26(28)35)14-12-23(32)37-17-21-9-5-19(15-30)6-10-21;1-18(2)10-6-4-8-16-34-20(29)12-14-26-22(31)25-23(32)27(24(26)33)15-13-21(30)35-17-9-5-7-11-19(3)28;;;/h18-21,30H,2-17H2,1H3,(H,27,33,34);3-10,30H,2,11-17H2,1H3,(H,27,33,34);18-19,28H,4-17H2,1-3H3,(H,25,31,32);3*1H4. The number of unbranched alkanes of at least 4 members (excludes halogenated alkanes) is 4. The first-order valence-electron chi connectivity index (χ1n) is 38.0. The van der Waals surface area contributed by atoms with E-state index in [1.165, 1.54) is 6.42 Å². The maximum atomic E-state index is 12.7. The summed E-state index contributed by atoms with van der Waals surface area (Å²) in [6.07, 6.45) is 15.2. The number of benzene rings is 2. The molecule has 628 valence electrons. The molecule has 3 aromatic heterocycles. The number of rotatable bonds is 42. The van der Waals surface area contributed by atoms with Crippen molar-refractivity contribution in [3.8, 4) is 0 Å². The third-order valence-electron chi connectivity index (χ3n) is 19.1. The number of esters is 6. The lowest BCUT2D eigenvalue weighted by atomic mass is 9.81. The smallest absolute Gasteiger partial charge is 0.336 e. The highest BCUT2D eigenvalue weighted by Gasteiger charge is 2.25. The highest BCUT2D eigenvalue weighted by atomic mass is 16.6. The van der Waals surface area contributed by atoms with Gasteiger partial charge in [-0.15, -0.1) is 0 Å². The van der Waals surface area contributed by atoms with Crippen LogP contribution < -0.4 is 51.2 Å². The number of aromatic amines is 3. The van der Waals surface area contributed by atoms with Crippen LogP contribution in [0.25, 0.3) is 0 Å². The van der Waals surface area contributed by atoms with Crippen LogP contribution in [0.15, 0.2) is 91.7 Å². The molecular formula is C79H123N9O24. The second kappa shape index (κ2) is 53.3. The Morgan fingerprint density at radius 2 is 0.670 bits per heavy atom. The zero-order chi connectivity index (χ0) is 79.8. The first-order valence-corrected chi connectivity index (χ1v) is 38.0. The second-order valence-electron chi connectivity index (χ2n) is 28.0. The van der Waals surface area contributed by atoms with Crippen LogP contribution >= 0.6 is 0 Å². The van der Waals surface area contributed by atoms with Crippen molar-refractivity contribution >= 4 is 35.8 Å². The average Bonchev–Trinajstić information content (AvgIpc) is 0.823. The summed E-state index contributed by atoms with van der Waals surface area (Å²) in [6, 6.07) is 14.4. The van der Waals surface area contributed by atoms with Gasteiger partial charge < -0.3 is 43.7 Å². The summed E-state index contributed by atoms with van der Waals surface area (Å²) >= 11 is 0. The summed E-state index contributed by atoms with van der Waals surface area (Å²) in [6.45, 7) is 9.92. The zero-order valence-corrected chi connectivity index (χ0v) is 63.6. The molecule has 0 aliphatic heterocycles. The van der Waals surface area contributed by atoms with E-state index in [2.05, 4.69) is 25.8 Å². The van der Waals surface area contributed by atoms with Gasteiger partial charge in [0.2, 0.25) is 0 Å². The zero-order valence-electron chi connectivity index (χ0n) is 63.6. The lowest BCUT2D eigenvalue weighted by molar-refractivity contribution is -0.146. The number of hydrogen-bond acceptors (Lipinski definition) is 24. The molecule has 2 aliphatic rings. The third kappa shape index (κ3) is 35.8. The first-order chi connectivity index (χ1) is 52.2. The number of nitrogens with zero attached hydrogens (tertiary/aromatic N) is 6. The van der Waals surface area contributed by atoms with Crippen LogP contribution in [-0.4, -0.2) is 133 Å². The fourth-order valence-corrected chi connectivity index (χ4v) is 12.1. The number of carbonyl (C=O) groups is 6. The van der Waals surface area contributed by atoms with Gasteiger partial charge in [0.15, 0.2) is 0 Å². The van der Waals surface area contributed by atoms with Gasteiger partial charge in [0.05, 0.1) is 77.7 Å². The Labute approximate surface area is 652 Å². The molecule has 0 saturated heterocycles. The molecule has 3 heterocycles. The lowest BCUT2D eigenvalue weighted by Crippen LogP contribution is -2.49. The van der Waals surface area contributed by atoms with Crippen molar-refractivity contribution in [2.75, 3.05) is 33.0 Å². The van der Waals surface area contributed by atoms with Gasteiger partial charge in [-0.25, -0.2) is 70.6 Å². The van der Waals surface area contributed by atoms with E-state index in [4.69, 9.17) is 33.5 Å². The number of H-pyrrole nitrogens is 3.